The van der Waals surface area contributed by atoms with Crippen molar-refractivity contribution in [2.75, 3.05) is 5.73 Å². The second-order valence-corrected chi connectivity index (χ2v) is 3.70. The van der Waals surface area contributed by atoms with Crippen LogP contribution in [0.4, 0.5) is 5.69 Å². The first-order chi connectivity index (χ1) is 6.56. The lowest BCUT2D eigenvalue weighted by Crippen LogP contribution is -2.12. The fourth-order valence-corrected chi connectivity index (χ4v) is 1.31. The molecule has 1 aromatic rings. The third-order valence-corrected chi connectivity index (χ3v) is 2.50. The molecule has 3 nitrogen and oxygen atoms in total. The summed E-state index contributed by atoms with van der Waals surface area (Å²) in [5.74, 6) is 0.195. The zero-order valence-electron chi connectivity index (χ0n) is 8.34. The van der Waals surface area contributed by atoms with Crippen LogP contribution in [0.15, 0.2) is 12.3 Å². The second kappa shape index (κ2) is 4.42. The molecule has 0 amide bonds. The molecular formula is C10H14ClN3. The van der Waals surface area contributed by atoms with E-state index >= 15 is 0 Å². The highest BCUT2D eigenvalue weighted by Crippen LogP contribution is 2.19. The Balaban J connectivity index is 3.02. The van der Waals surface area contributed by atoms with Crippen LogP contribution in [0.2, 0.25) is 5.15 Å². The highest BCUT2D eigenvalue weighted by Gasteiger charge is 2.12. The van der Waals surface area contributed by atoms with Gasteiger partial charge in [-0.05, 0) is 18.4 Å². The molecule has 0 saturated heterocycles. The maximum absolute atomic E-state index is 7.88. The number of nitrogens with zero attached hydrogens (tertiary/aromatic N) is 1. The SMILES string of the molecule is CCC(C)C(=N)c1cnc(Cl)cc1N. The Morgan fingerprint density at radius 3 is 2.86 bits per heavy atom. The van der Waals surface area contributed by atoms with Crippen molar-refractivity contribution in [1.82, 2.24) is 4.98 Å². The summed E-state index contributed by atoms with van der Waals surface area (Å²) >= 11 is 5.67. The van der Waals surface area contributed by atoms with Gasteiger partial charge < -0.3 is 11.1 Å². The number of pyridine rings is 1. The average molecular weight is 212 g/mol. The van der Waals surface area contributed by atoms with E-state index in [1.165, 1.54) is 0 Å². The molecule has 0 bridgehead atoms. The number of halogens is 1. The molecule has 14 heavy (non-hydrogen) atoms. The van der Waals surface area contributed by atoms with Crippen molar-refractivity contribution < 1.29 is 0 Å². The summed E-state index contributed by atoms with van der Waals surface area (Å²) in [6.45, 7) is 4.04. The molecule has 76 valence electrons. The van der Waals surface area contributed by atoms with E-state index < -0.39 is 0 Å². The Morgan fingerprint density at radius 2 is 2.36 bits per heavy atom. The lowest BCUT2D eigenvalue weighted by molar-refractivity contribution is 0.736. The zero-order valence-corrected chi connectivity index (χ0v) is 9.10. The van der Waals surface area contributed by atoms with Gasteiger partial charge >= 0.3 is 0 Å². The third kappa shape index (κ3) is 2.23. The molecule has 0 aliphatic carbocycles. The second-order valence-electron chi connectivity index (χ2n) is 3.32. The van der Waals surface area contributed by atoms with Gasteiger partial charge in [-0.1, -0.05) is 25.4 Å². The maximum Gasteiger partial charge on any atom is 0.131 e. The van der Waals surface area contributed by atoms with Crippen LogP contribution >= 0.6 is 11.6 Å². The average Bonchev–Trinajstić information content (AvgIpc) is 2.15. The Morgan fingerprint density at radius 1 is 1.71 bits per heavy atom. The van der Waals surface area contributed by atoms with E-state index in [-0.39, 0.29) is 5.92 Å². The van der Waals surface area contributed by atoms with Crippen LogP contribution in [-0.4, -0.2) is 10.7 Å². The van der Waals surface area contributed by atoms with Crippen LogP contribution in [0, 0.1) is 11.3 Å². The molecule has 0 aromatic carbocycles. The number of nitrogens with one attached hydrogen (secondary N) is 1. The molecule has 0 aliphatic rings. The summed E-state index contributed by atoms with van der Waals surface area (Å²) in [4.78, 5) is 3.92. The molecule has 1 rings (SSSR count). The molecule has 0 saturated carbocycles. The molecule has 0 radical (unpaired) electrons. The number of aromatic nitrogens is 1. The van der Waals surface area contributed by atoms with E-state index in [0.717, 1.165) is 6.42 Å². The van der Waals surface area contributed by atoms with Crippen LogP contribution in [0.3, 0.4) is 0 Å². The third-order valence-electron chi connectivity index (χ3n) is 2.30. The fraction of sp³-hybridized carbons (Fsp3) is 0.400. The molecule has 3 N–H and O–H groups in total. The maximum atomic E-state index is 7.88. The minimum absolute atomic E-state index is 0.195. The van der Waals surface area contributed by atoms with E-state index in [9.17, 15) is 0 Å². The van der Waals surface area contributed by atoms with E-state index in [1.807, 2.05) is 13.8 Å². The van der Waals surface area contributed by atoms with E-state index in [0.29, 0.717) is 22.1 Å². The number of hydrogen-bond donors (Lipinski definition) is 2. The van der Waals surface area contributed by atoms with Crippen molar-refractivity contribution in [3.05, 3.63) is 23.0 Å². The Kier molecular flexibility index (Phi) is 3.47. The highest BCUT2D eigenvalue weighted by atomic mass is 35.5. The van der Waals surface area contributed by atoms with Crippen LogP contribution in [0.1, 0.15) is 25.8 Å². The van der Waals surface area contributed by atoms with E-state index in [1.54, 1.807) is 12.3 Å². The van der Waals surface area contributed by atoms with Gasteiger partial charge in [0.2, 0.25) is 0 Å². The van der Waals surface area contributed by atoms with Crippen molar-refractivity contribution in [2.24, 2.45) is 5.92 Å². The van der Waals surface area contributed by atoms with Crippen LogP contribution in [-0.2, 0) is 0 Å². The minimum atomic E-state index is 0.195. The van der Waals surface area contributed by atoms with Crippen molar-refractivity contribution in [3.8, 4) is 0 Å². The smallest absolute Gasteiger partial charge is 0.131 e. The van der Waals surface area contributed by atoms with Gasteiger partial charge in [0.05, 0.1) is 0 Å². The summed E-state index contributed by atoms with van der Waals surface area (Å²) in [5.41, 5.74) is 7.48. The lowest BCUT2D eigenvalue weighted by atomic mass is 9.96. The molecule has 0 aliphatic heterocycles. The lowest BCUT2D eigenvalue weighted by Gasteiger charge is -2.12. The van der Waals surface area contributed by atoms with Crippen molar-refractivity contribution in [3.63, 3.8) is 0 Å². The quantitative estimate of drug-likeness (QED) is 0.597. The van der Waals surface area contributed by atoms with Crippen LogP contribution in [0.5, 0.6) is 0 Å². The molecule has 1 unspecified atom stereocenters. The zero-order chi connectivity index (χ0) is 10.7. The Labute approximate surface area is 88.8 Å². The molecule has 0 fully saturated rings. The molecule has 1 atom stereocenters. The summed E-state index contributed by atoms with van der Waals surface area (Å²) in [6.07, 6.45) is 2.48. The van der Waals surface area contributed by atoms with Gasteiger partial charge in [-0.25, -0.2) is 4.98 Å². The van der Waals surface area contributed by atoms with E-state index in [4.69, 9.17) is 22.7 Å². The van der Waals surface area contributed by atoms with Gasteiger partial charge in [0.25, 0.3) is 0 Å². The van der Waals surface area contributed by atoms with Gasteiger partial charge in [-0.15, -0.1) is 0 Å². The van der Waals surface area contributed by atoms with Crippen LogP contribution in [0.25, 0.3) is 0 Å². The van der Waals surface area contributed by atoms with Gasteiger partial charge in [0.1, 0.15) is 5.15 Å². The standard InChI is InChI=1S/C10H14ClN3/c1-3-6(2)10(13)7-5-14-9(11)4-8(7)12/h4-6,13H,3H2,1-2H3,(H2,12,14). The Bertz CT molecular complexity index is 349. The van der Waals surface area contributed by atoms with Crippen molar-refractivity contribution in [1.29, 1.82) is 5.41 Å². The van der Waals surface area contributed by atoms with Gasteiger partial charge in [0, 0.05) is 23.2 Å². The first-order valence-corrected chi connectivity index (χ1v) is 4.93. The largest absolute Gasteiger partial charge is 0.398 e. The number of hydrogen-bond acceptors (Lipinski definition) is 3. The predicted molar refractivity (Wildman–Crippen MR) is 59.9 cm³/mol. The van der Waals surface area contributed by atoms with Crippen molar-refractivity contribution in [2.45, 2.75) is 20.3 Å². The molecule has 1 heterocycles. The fourth-order valence-electron chi connectivity index (χ4n) is 1.14. The van der Waals surface area contributed by atoms with Gasteiger partial charge in [-0.3, -0.25) is 0 Å². The first-order valence-electron chi connectivity index (χ1n) is 4.56. The normalized spacial score (nSPS) is 12.5. The van der Waals surface area contributed by atoms with Gasteiger partial charge in [-0.2, -0.15) is 0 Å². The van der Waals surface area contributed by atoms with E-state index in [2.05, 4.69) is 4.98 Å². The number of rotatable bonds is 3. The Hall–Kier alpha value is -1.09. The molecular weight excluding hydrogens is 198 g/mol. The summed E-state index contributed by atoms with van der Waals surface area (Å²) < 4.78 is 0. The first kappa shape index (κ1) is 11.0. The minimum Gasteiger partial charge on any atom is -0.398 e. The number of nitrogens with two attached hydrogens (primary N) is 1. The highest BCUT2D eigenvalue weighted by molar-refractivity contribution is 6.29. The monoisotopic (exact) mass is 211 g/mol. The topological polar surface area (TPSA) is 62.8 Å². The predicted octanol–water partition coefficient (Wildman–Crippen LogP) is 2.73. The molecule has 1 aromatic heterocycles. The number of anilines is 1. The molecule has 4 heteroatoms. The molecule has 0 spiro atoms. The van der Waals surface area contributed by atoms with Gasteiger partial charge in [0.15, 0.2) is 0 Å². The van der Waals surface area contributed by atoms with Crippen molar-refractivity contribution >= 4 is 23.0 Å². The summed E-state index contributed by atoms with van der Waals surface area (Å²) in [7, 11) is 0. The number of nitrogen functional groups attached to an aromatic ring is 1. The summed E-state index contributed by atoms with van der Waals surface area (Å²) in [6, 6.07) is 1.58. The van der Waals surface area contributed by atoms with Crippen LogP contribution < -0.4 is 5.73 Å². The summed E-state index contributed by atoms with van der Waals surface area (Å²) in [5, 5.41) is 8.25.